The van der Waals surface area contributed by atoms with Crippen molar-refractivity contribution < 1.29 is 14.0 Å². The van der Waals surface area contributed by atoms with Gasteiger partial charge < -0.3 is 14.0 Å². The summed E-state index contributed by atoms with van der Waals surface area (Å²) in [7, 11) is 1.72. The van der Waals surface area contributed by atoms with Crippen LogP contribution in [-0.4, -0.2) is 35.8 Å². The molecule has 3 fully saturated rings. The molecule has 3 nitrogen and oxygen atoms in total. The Morgan fingerprint density at radius 2 is 1.65 bits per heavy atom. The van der Waals surface area contributed by atoms with Crippen LogP contribution in [0.15, 0.2) is 66.7 Å². The lowest BCUT2D eigenvalue weighted by molar-refractivity contribution is -0.967. The van der Waals surface area contributed by atoms with Gasteiger partial charge in [-0.2, -0.15) is 0 Å². The molecule has 6 rings (SSSR count). The molecule has 34 heavy (non-hydrogen) atoms. The molecule has 0 N–H and O–H groups in total. The lowest BCUT2D eigenvalue weighted by Gasteiger charge is -2.43. The van der Waals surface area contributed by atoms with E-state index in [4.69, 9.17) is 9.47 Å². The molecule has 3 aromatic rings. The predicted molar refractivity (Wildman–Crippen MR) is 138 cm³/mol. The number of hydrogen-bond donors (Lipinski definition) is 0. The van der Waals surface area contributed by atoms with Crippen molar-refractivity contribution in [1.29, 1.82) is 0 Å². The van der Waals surface area contributed by atoms with Crippen LogP contribution in [0.1, 0.15) is 44.7 Å². The molecule has 1 saturated carbocycles. The predicted octanol–water partition coefficient (Wildman–Crippen LogP) is 6.59. The lowest BCUT2D eigenvalue weighted by Crippen LogP contribution is -2.57. The van der Waals surface area contributed by atoms with Crippen LogP contribution >= 0.6 is 0 Å². The molecule has 0 unspecified atom stereocenters. The maximum Gasteiger partial charge on any atom is 0.123 e. The van der Waals surface area contributed by atoms with Crippen molar-refractivity contribution in [2.45, 2.75) is 57.9 Å². The Bertz CT molecular complexity index is 1210. The number of quaternary nitrogens is 1. The minimum Gasteiger partial charge on any atom is -0.497 e. The van der Waals surface area contributed by atoms with Gasteiger partial charge in [-0.25, -0.2) is 0 Å². The number of benzene rings is 3. The van der Waals surface area contributed by atoms with Gasteiger partial charge in [0.2, 0.25) is 0 Å². The fourth-order valence-electron chi connectivity index (χ4n) is 8.57. The molecule has 0 spiro atoms. The zero-order valence-corrected chi connectivity index (χ0v) is 21.1. The first-order valence-corrected chi connectivity index (χ1v) is 13.0. The molecule has 0 bridgehead atoms. The van der Waals surface area contributed by atoms with Crippen molar-refractivity contribution in [2.75, 3.05) is 20.2 Å². The summed E-state index contributed by atoms with van der Waals surface area (Å²) in [5.74, 6) is 3.08. The highest BCUT2D eigenvalue weighted by molar-refractivity contribution is 5.82. The molecular weight excluding hydrogens is 418 g/mol. The Labute approximate surface area is 204 Å². The van der Waals surface area contributed by atoms with Crippen LogP contribution in [0.4, 0.5) is 0 Å². The van der Waals surface area contributed by atoms with Gasteiger partial charge in [0, 0.05) is 23.3 Å². The van der Waals surface area contributed by atoms with E-state index >= 15 is 0 Å². The van der Waals surface area contributed by atoms with E-state index in [0.717, 1.165) is 30.7 Å². The zero-order chi connectivity index (χ0) is 23.6. The van der Waals surface area contributed by atoms with Gasteiger partial charge in [-0.05, 0) is 61.2 Å². The normalized spacial score (nSPS) is 36.2. The number of nitrogens with zero attached hydrogens (tertiary/aromatic N) is 1. The van der Waals surface area contributed by atoms with Crippen molar-refractivity contribution in [3.63, 3.8) is 0 Å². The van der Waals surface area contributed by atoms with E-state index in [1.54, 1.807) is 7.11 Å². The van der Waals surface area contributed by atoms with Gasteiger partial charge in [0.15, 0.2) is 0 Å². The number of fused-ring (bicyclic) bond motifs is 1. The summed E-state index contributed by atoms with van der Waals surface area (Å²) in [6.45, 7) is 11.7. The first-order valence-electron chi connectivity index (χ1n) is 13.0. The van der Waals surface area contributed by atoms with E-state index in [2.05, 4.69) is 75.4 Å². The van der Waals surface area contributed by atoms with Gasteiger partial charge in [0.05, 0.1) is 20.3 Å². The number of ether oxygens (including phenoxy) is 2. The van der Waals surface area contributed by atoms with Gasteiger partial charge in [0.1, 0.15) is 30.0 Å². The highest BCUT2D eigenvalue weighted by atomic mass is 16.5. The monoisotopic (exact) mass is 456 g/mol. The summed E-state index contributed by atoms with van der Waals surface area (Å²) < 4.78 is 13.4. The number of methoxy groups -OCH3 is 1. The van der Waals surface area contributed by atoms with Crippen molar-refractivity contribution in [3.05, 3.63) is 77.9 Å². The molecule has 3 heteroatoms. The second-order valence-corrected chi connectivity index (χ2v) is 11.7. The van der Waals surface area contributed by atoms with Crippen LogP contribution in [-0.2, 0) is 17.9 Å². The molecule has 0 aromatic heterocycles. The smallest absolute Gasteiger partial charge is 0.123 e. The van der Waals surface area contributed by atoms with E-state index in [-0.39, 0.29) is 5.60 Å². The summed E-state index contributed by atoms with van der Waals surface area (Å²) in [5, 5.41) is 2.69. The van der Waals surface area contributed by atoms with Crippen LogP contribution in [0.5, 0.6) is 5.75 Å². The summed E-state index contributed by atoms with van der Waals surface area (Å²) in [5.41, 5.74) is 2.89. The van der Waals surface area contributed by atoms with Crippen LogP contribution < -0.4 is 4.74 Å². The highest BCUT2D eigenvalue weighted by Gasteiger charge is 2.76. The second kappa shape index (κ2) is 7.83. The van der Waals surface area contributed by atoms with E-state index in [0.29, 0.717) is 18.1 Å². The summed E-state index contributed by atoms with van der Waals surface area (Å²) in [4.78, 5) is 0. The van der Waals surface area contributed by atoms with Crippen molar-refractivity contribution >= 4 is 10.8 Å². The van der Waals surface area contributed by atoms with Gasteiger partial charge in [-0.1, -0.05) is 55.5 Å². The summed E-state index contributed by atoms with van der Waals surface area (Å²) in [6, 6.07) is 24.2. The van der Waals surface area contributed by atoms with E-state index in [1.165, 1.54) is 45.8 Å². The second-order valence-electron chi connectivity index (χ2n) is 11.7. The molecule has 0 amide bonds. The average molecular weight is 457 g/mol. The molecule has 2 heterocycles. The fraction of sp³-hybridized carbons (Fsp3) is 0.484. The molecule has 178 valence electrons. The van der Waals surface area contributed by atoms with Crippen molar-refractivity contribution in [2.24, 2.45) is 17.8 Å². The number of hydrogen-bond acceptors (Lipinski definition) is 2. The van der Waals surface area contributed by atoms with Gasteiger partial charge in [-0.3, -0.25) is 0 Å². The highest BCUT2D eigenvalue weighted by Crippen LogP contribution is 2.65. The lowest BCUT2D eigenvalue weighted by atomic mass is 9.76. The van der Waals surface area contributed by atoms with Crippen molar-refractivity contribution in [3.8, 4) is 5.75 Å². The average Bonchev–Trinajstić information content (AvgIpc) is 3.37. The van der Waals surface area contributed by atoms with Crippen LogP contribution in [0.3, 0.4) is 0 Å². The third-order valence-electron chi connectivity index (χ3n) is 9.95. The van der Waals surface area contributed by atoms with E-state index < -0.39 is 0 Å². The molecule has 3 aromatic carbocycles. The van der Waals surface area contributed by atoms with Crippen molar-refractivity contribution in [1.82, 2.24) is 0 Å². The summed E-state index contributed by atoms with van der Waals surface area (Å²) >= 11 is 0. The molecule has 1 aliphatic carbocycles. The quantitative estimate of drug-likeness (QED) is 0.390. The molecule has 3 aliphatic rings. The minimum absolute atomic E-state index is 0.0968. The van der Waals surface area contributed by atoms with Crippen LogP contribution in [0, 0.1) is 17.8 Å². The van der Waals surface area contributed by atoms with Gasteiger partial charge in [0.25, 0.3) is 0 Å². The van der Waals surface area contributed by atoms with Gasteiger partial charge in [-0.15, -0.1) is 0 Å². The molecule has 6 atom stereocenters. The van der Waals surface area contributed by atoms with Gasteiger partial charge >= 0.3 is 0 Å². The Morgan fingerprint density at radius 3 is 2.41 bits per heavy atom. The molecule has 0 radical (unpaired) electrons. The Kier molecular flexibility index (Phi) is 5.09. The topological polar surface area (TPSA) is 18.5 Å². The first-order chi connectivity index (χ1) is 16.4. The third kappa shape index (κ3) is 3.17. The largest absolute Gasteiger partial charge is 0.497 e. The first kappa shape index (κ1) is 22.1. The van der Waals surface area contributed by atoms with E-state index in [1.807, 2.05) is 12.1 Å². The maximum atomic E-state index is 6.89. The van der Waals surface area contributed by atoms with E-state index in [9.17, 15) is 0 Å². The Morgan fingerprint density at radius 1 is 0.912 bits per heavy atom. The molecule has 2 saturated heterocycles. The minimum atomic E-state index is -0.0968. The zero-order valence-electron chi connectivity index (χ0n) is 21.1. The van der Waals surface area contributed by atoms with Crippen LogP contribution in [0.2, 0.25) is 0 Å². The summed E-state index contributed by atoms with van der Waals surface area (Å²) in [6.07, 6.45) is 2.64. The maximum absolute atomic E-state index is 6.89. The Balaban J connectivity index is 1.32. The molecule has 2 aliphatic heterocycles. The molecular formula is C31H38NO2+. The number of rotatable bonds is 6. The third-order valence-corrected chi connectivity index (χ3v) is 9.95. The fourth-order valence-corrected chi connectivity index (χ4v) is 8.57. The Hall–Kier alpha value is -2.36. The SMILES string of the molecule is COc1ccc(CO[C@]2(C)C[N@+]3(Cc4ccc5ccccc5c4)C[C@@H](C)[C@@H]4CC[C@H]2[C@@]43C)cc1. The van der Waals surface area contributed by atoms with Crippen LogP contribution in [0.25, 0.3) is 10.8 Å². The standard InChI is InChI=1S/C31H38NO2/c1-22-18-32(19-24-9-12-25-7-5-6-8-26(25)17-24)21-30(2,29-16-15-28(22)31(29,32)3)34-20-23-10-13-27(33-4)14-11-23/h5-14,17,22,28-29H,15-16,18-21H2,1-4H3/q+1/t22-,28+,29-,30-,31-,32-/m1/s1.